The second-order valence-corrected chi connectivity index (χ2v) is 6.68. The van der Waals surface area contributed by atoms with Gasteiger partial charge in [-0.1, -0.05) is 6.07 Å². The maximum atomic E-state index is 12.3. The third kappa shape index (κ3) is 5.72. The first-order valence-corrected chi connectivity index (χ1v) is 8.85. The number of hydrogen-bond acceptors (Lipinski definition) is 5. The van der Waals surface area contributed by atoms with Gasteiger partial charge in [0.1, 0.15) is 11.5 Å². The van der Waals surface area contributed by atoms with Crippen LogP contribution in [0.3, 0.4) is 0 Å². The minimum absolute atomic E-state index is 0.0777. The van der Waals surface area contributed by atoms with Crippen molar-refractivity contribution < 1.29 is 19.1 Å². The van der Waals surface area contributed by atoms with Crippen LogP contribution in [0.2, 0.25) is 0 Å². The van der Waals surface area contributed by atoms with Gasteiger partial charge in [-0.15, -0.1) is 0 Å². The van der Waals surface area contributed by atoms with Gasteiger partial charge >= 0.3 is 0 Å². The van der Waals surface area contributed by atoms with Gasteiger partial charge in [0, 0.05) is 43.5 Å². The van der Waals surface area contributed by atoms with Crippen LogP contribution in [-0.4, -0.2) is 63.5 Å². The Bertz CT molecular complexity index is 819. The van der Waals surface area contributed by atoms with Crippen molar-refractivity contribution in [2.24, 2.45) is 0 Å². The summed E-state index contributed by atoms with van der Waals surface area (Å²) in [5.74, 6) is 1.22. The smallest absolute Gasteiger partial charge is 0.253 e. The summed E-state index contributed by atoms with van der Waals surface area (Å²) < 4.78 is 10.6. The van der Waals surface area contributed by atoms with Gasteiger partial charge in [0.05, 0.1) is 20.8 Å². The van der Waals surface area contributed by atoms with E-state index in [-0.39, 0.29) is 18.4 Å². The maximum Gasteiger partial charge on any atom is 0.253 e. The summed E-state index contributed by atoms with van der Waals surface area (Å²) in [6.45, 7) is 0.768. The van der Waals surface area contributed by atoms with E-state index >= 15 is 0 Å². The molecule has 0 unspecified atom stereocenters. The molecule has 0 aliphatic rings. The van der Waals surface area contributed by atoms with Crippen LogP contribution in [0.1, 0.15) is 15.9 Å². The minimum atomic E-state index is -0.137. The molecule has 2 amide bonds. The lowest BCUT2D eigenvalue weighted by atomic mass is 10.1. The van der Waals surface area contributed by atoms with Gasteiger partial charge in [-0.25, -0.2) is 0 Å². The van der Waals surface area contributed by atoms with E-state index in [2.05, 4.69) is 5.32 Å². The minimum Gasteiger partial charge on any atom is -0.497 e. The summed E-state index contributed by atoms with van der Waals surface area (Å²) in [6, 6.07) is 12.4. The van der Waals surface area contributed by atoms with Crippen LogP contribution < -0.4 is 14.8 Å². The molecule has 2 aromatic rings. The van der Waals surface area contributed by atoms with E-state index in [0.29, 0.717) is 23.5 Å². The fraction of sp³-hybridized carbons (Fsp3) is 0.333. The van der Waals surface area contributed by atoms with Crippen molar-refractivity contribution in [1.29, 1.82) is 0 Å². The summed E-state index contributed by atoms with van der Waals surface area (Å²) in [5, 5.41) is 2.84. The van der Waals surface area contributed by atoms with E-state index in [0.717, 1.165) is 11.3 Å². The first kappa shape index (κ1) is 21.2. The molecule has 0 aliphatic heterocycles. The number of benzene rings is 2. The fourth-order valence-corrected chi connectivity index (χ4v) is 2.73. The Morgan fingerprint density at radius 3 is 2.21 bits per heavy atom. The summed E-state index contributed by atoms with van der Waals surface area (Å²) in [7, 11) is 8.48. The quantitative estimate of drug-likeness (QED) is 0.756. The number of carbonyl (C=O) groups is 2. The number of nitrogens with zero attached hydrogens (tertiary/aromatic N) is 2. The average molecular weight is 385 g/mol. The molecule has 0 radical (unpaired) electrons. The first-order valence-electron chi connectivity index (χ1n) is 8.85. The molecule has 0 aromatic heterocycles. The van der Waals surface area contributed by atoms with Gasteiger partial charge in [-0.3, -0.25) is 14.5 Å². The Kier molecular flexibility index (Phi) is 7.40. The van der Waals surface area contributed by atoms with Gasteiger partial charge in [0.15, 0.2) is 0 Å². The molecule has 28 heavy (non-hydrogen) atoms. The molecule has 150 valence electrons. The molecular weight excluding hydrogens is 358 g/mol. The molecule has 7 heteroatoms. The van der Waals surface area contributed by atoms with Crippen molar-refractivity contribution >= 4 is 17.5 Å². The molecule has 2 rings (SSSR count). The highest BCUT2D eigenvalue weighted by Gasteiger charge is 2.12. The lowest BCUT2D eigenvalue weighted by Gasteiger charge is -2.18. The van der Waals surface area contributed by atoms with E-state index in [1.165, 1.54) is 4.90 Å². The largest absolute Gasteiger partial charge is 0.497 e. The van der Waals surface area contributed by atoms with Crippen molar-refractivity contribution in [3.8, 4) is 11.5 Å². The van der Waals surface area contributed by atoms with Crippen molar-refractivity contribution in [3.63, 3.8) is 0 Å². The van der Waals surface area contributed by atoms with Gasteiger partial charge in [-0.2, -0.15) is 0 Å². The highest BCUT2D eigenvalue weighted by atomic mass is 16.5. The summed E-state index contributed by atoms with van der Waals surface area (Å²) >= 11 is 0. The molecule has 2 aromatic carbocycles. The van der Waals surface area contributed by atoms with Crippen LogP contribution in [-0.2, 0) is 11.3 Å². The molecule has 0 bridgehead atoms. The van der Waals surface area contributed by atoms with E-state index in [9.17, 15) is 9.59 Å². The van der Waals surface area contributed by atoms with Crippen molar-refractivity contribution in [2.45, 2.75) is 6.54 Å². The Morgan fingerprint density at radius 2 is 1.64 bits per heavy atom. The highest BCUT2D eigenvalue weighted by Crippen LogP contribution is 2.25. The molecule has 0 saturated heterocycles. The molecule has 0 fully saturated rings. The number of anilines is 1. The first-order chi connectivity index (χ1) is 13.3. The average Bonchev–Trinajstić information content (AvgIpc) is 2.68. The van der Waals surface area contributed by atoms with Gasteiger partial charge < -0.3 is 19.7 Å². The summed E-state index contributed by atoms with van der Waals surface area (Å²) in [5.41, 5.74) is 2.19. The second-order valence-electron chi connectivity index (χ2n) is 6.68. The Balaban J connectivity index is 1.93. The maximum absolute atomic E-state index is 12.3. The Hall–Kier alpha value is -3.06. The van der Waals surface area contributed by atoms with Crippen molar-refractivity contribution in [3.05, 3.63) is 53.6 Å². The number of hydrogen-bond donors (Lipinski definition) is 1. The molecule has 0 saturated carbocycles. The molecular formula is C21H27N3O4. The van der Waals surface area contributed by atoms with E-state index in [1.807, 2.05) is 30.1 Å². The van der Waals surface area contributed by atoms with Crippen LogP contribution in [0, 0.1) is 0 Å². The van der Waals surface area contributed by atoms with Crippen LogP contribution in [0.15, 0.2) is 42.5 Å². The molecule has 0 heterocycles. The molecule has 0 aliphatic carbocycles. The van der Waals surface area contributed by atoms with Gasteiger partial charge in [0.2, 0.25) is 5.91 Å². The predicted octanol–water partition coefficient (Wildman–Crippen LogP) is 2.48. The lowest BCUT2D eigenvalue weighted by Crippen LogP contribution is -2.30. The van der Waals surface area contributed by atoms with Crippen molar-refractivity contribution in [1.82, 2.24) is 9.80 Å². The zero-order valence-electron chi connectivity index (χ0n) is 17.0. The number of methoxy groups -OCH3 is 2. The number of amides is 2. The monoisotopic (exact) mass is 385 g/mol. The topological polar surface area (TPSA) is 71.1 Å². The normalized spacial score (nSPS) is 10.5. The summed E-state index contributed by atoms with van der Waals surface area (Å²) in [6.07, 6.45) is 0. The van der Waals surface area contributed by atoms with Crippen LogP contribution in [0.4, 0.5) is 5.69 Å². The second kappa shape index (κ2) is 9.75. The molecule has 0 spiro atoms. The number of likely N-dealkylation sites (N-methyl/N-ethyl adjacent to an activating group) is 1. The number of rotatable bonds is 8. The lowest BCUT2D eigenvalue weighted by molar-refractivity contribution is -0.117. The number of ether oxygens (including phenoxy) is 2. The van der Waals surface area contributed by atoms with Crippen LogP contribution in [0.5, 0.6) is 11.5 Å². The van der Waals surface area contributed by atoms with Gasteiger partial charge in [-0.05, 0) is 37.4 Å². The standard InChI is InChI=1S/C21H27N3O4/c1-23(2)21(26)15-6-9-17(10-7-15)22-20(25)14-24(3)13-16-8-11-18(27-4)12-19(16)28-5/h6-12H,13-14H2,1-5H3,(H,22,25). The van der Waals surface area contributed by atoms with Crippen LogP contribution in [0.25, 0.3) is 0 Å². The Morgan fingerprint density at radius 1 is 0.964 bits per heavy atom. The molecule has 0 atom stereocenters. The van der Waals surface area contributed by atoms with Crippen molar-refractivity contribution in [2.75, 3.05) is 47.2 Å². The van der Waals surface area contributed by atoms with Gasteiger partial charge in [0.25, 0.3) is 5.91 Å². The molecule has 1 N–H and O–H groups in total. The SMILES string of the molecule is COc1ccc(CN(C)CC(=O)Nc2ccc(C(=O)N(C)C)cc2)c(OC)c1. The number of nitrogens with one attached hydrogen (secondary N) is 1. The van der Waals surface area contributed by atoms with E-state index in [1.54, 1.807) is 52.6 Å². The zero-order chi connectivity index (χ0) is 20.7. The molecule has 7 nitrogen and oxygen atoms in total. The fourth-order valence-electron chi connectivity index (χ4n) is 2.73. The summed E-state index contributed by atoms with van der Waals surface area (Å²) in [4.78, 5) is 27.6. The zero-order valence-corrected chi connectivity index (χ0v) is 17.0. The Labute approximate surface area is 165 Å². The highest BCUT2D eigenvalue weighted by molar-refractivity contribution is 5.96. The van der Waals surface area contributed by atoms with Crippen LogP contribution >= 0.6 is 0 Å². The predicted molar refractivity (Wildman–Crippen MR) is 109 cm³/mol. The third-order valence-corrected chi connectivity index (χ3v) is 4.17. The van der Waals surface area contributed by atoms with E-state index < -0.39 is 0 Å². The third-order valence-electron chi connectivity index (χ3n) is 4.17. The van der Waals surface area contributed by atoms with E-state index in [4.69, 9.17) is 9.47 Å². The number of carbonyl (C=O) groups excluding carboxylic acids is 2.